The number of carbonyl (C=O) groups is 1. The van der Waals surface area contributed by atoms with Crippen LogP contribution in [0.5, 0.6) is 0 Å². The van der Waals surface area contributed by atoms with Crippen LogP contribution in [0.15, 0.2) is 11.4 Å². The molecule has 20 heavy (non-hydrogen) atoms. The fourth-order valence-electron chi connectivity index (χ4n) is 1.28. The number of aromatic nitrogens is 4. The lowest BCUT2D eigenvalue weighted by Crippen LogP contribution is -2.15. The van der Waals surface area contributed by atoms with Gasteiger partial charge in [-0.2, -0.15) is 0 Å². The number of anilines is 1. The highest BCUT2D eigenvalue weighted by Crippen LogP contribution is 2.21. The molecule has 1 amide bonds. The van der Waals surface area contributed by atoms with Gasteiger partial charge >= 0.3 is 0 Å². The smallest absolute Gasteiger partial charge is 0.277 e. The Morgan fingerprint density at radius 2 is 2.30 bits per heavy atom. The molecule has 0 aliphatic rings. The molecule has 1 N–H and O–H groups in total. The number of aryl methyl sites for hydroxylation is 1. The molecule has 2 rings (SSSR count). The molecular weight excluding hydrogens is 318 g/mol. The average molecular weight is 330 g/mol. The molecule has 2 heterocycles. The summed E-state index contributed by atoms with van der Waals surface area (Å²) in [7, 11) is 0. The standard InChI is InChI=1S/C11H12ClN5OS2/c1-3-4-19-10-13-5-7(12)8(14-10)9(18)15-11-17-16-6(2)20-11/h5H,3-4H2,1-2H3,(H,15,17,18). The van der Waals surface area contributed by atoms with Crippen LogP contribution >= 0.6 is 34.7 Å². The van der Waals surface area contributed by atoms with Gasteiger partial charge < -0.3 is 0 Å². The zero-order valence-electron chi connectivity index (χ0n) is 10.9. The zero-order valence-corrected chi connectivity index (χ0v) is 13.3. The van der Waals surface area contributed by atoms with Gasteiger partial charge in [0.2, 0.25) is 5.13 Å². The number of nitrogens with zero attached hydrogens (tertiary/aromatic N) is 4. The van der Waals surface area contributed by atoms with E-state index in [1.165, 1.54) is 29.3 Å². The molecule has 0 spiro atoms. The summed E-state index contributed by atoms with van der Waals surface area (Å²) in [6.45, 7) is 3.87. The summed E-state index contributed by atoms with van der Waals surface area (Å²) in [5, 5.41) is 12.2. The fourth-order valence-corrected chi connectivity index (χ4v) is 2.71. The van der Waals surface area contributed by atoms with Crippen LogP contribution in [-0.2, 0) is 0 Å². The van der Waals surface area contributed by atoms with Gasteiger partial charge in [-0.15, -0.1) is 10.2 Å². The van der Waals surface area contributed by atoms with E-state index in [2.05, 4.69) is 32.4 Å². The molecular formula is C11H12ClN5OS2. The number of hydrogen-bond acceptors (Lipinski definition) is 7. The molecule has 2 aromatic heterocycles. The predicted molar refractivity (Wildman–Crippen MR) is 80.7 cm³/mol. The molecule has 2 aromatic rings. The lowest BCUT2D eigenvalue weighted by atomic mass is 10.4. The molecule has 0 fully saturated rings. The third kappa shape index (κ3) is 3.87. The quantitative estimate of drug-likeness (QED) is 0.670. The SMILES string of the molecule is CCCSc1ncc(Cl)c(C(=O)Nc2nnc(C)s2)n1. The van der Waals surface area contributed by atoms with E-state index in [1.807, 2.05) is 6.92 Å². The van der Waals surface area contributed by atoms with Crippen LogP contribution in [0.1, 0.15) is 28.8 Å². The highest BCUT2D eigenvalue weighted by molar-refractivity contribution is 7.99. The van der Waals surface area contributed by atoms with Crippen molar-refractivity contribution in [2.45, 2.75) is 25.4 Å². The molecule has 0 atom stereocenters. The first-order valence-electron chi connectivity index (χ1n) is 5.87. The van der Waals surface area contributed by atoms with Crippen molar-refractivity contribution in [3.63, 3.8) is 0 Å². The van der Waals surface area contributed by atoms with Gasteiger partial charge in [-0.3, -0.25) is 10.1 Å². The number of thioether (sulfide) groups is 1. The van der Waals surface area contributed by atoms with Gasteiger partial charge in [-0.25, -0.2) is 9.97 Å². The molecule has 0 aliphatic heterocycles. The topological polar surface area (TPSA) is 80.7 Å². The molecule has 9 heteroatoms. The van der Waals surface area contributed by atoms with Gasteiger partial charge in [-0.05, 0) is 13.3 Å². The van der Waals surface area contributed by atoms with E-state index in [0.717, 1.165) is 17.2 Å². The van der Waals surface area contributed by atoms with E-state index in [0.29, 0.717) is 10.3 Å². The molecule has 0 bridgehead atoms. The van der Waals surface area contributed by atoms with Crippen molar-refractivity contribution in [3.8, 4) is 0 Å². The second kappa shape index (κ2) is 6.96. The Labute approximate surface area is 129 Å². The second-order valence-corrected chi connectivity index (χ2v) is 6.43. The van der Waals surface area contributed by atoms with Crippen molar-refractivity contribution < 1.29 is 4.79 Å². The molecule has 0 radical (unpaired) electrons. The third-order valence-corrected chi connectivity index (χ3v) is 4.22. The maximum Gasteiger partial charge on any atom is 0.277 e. The average Bonchev–Trinajstić information content (AvgIpc) is 2.83. The molecule has 0 aliphatic carbocycles. The predicted octanol–water partition coefficient (Wildman–Crippen LogP) is 3.04. The summed E-state index contributed by atoms with van der Waals surface area (Å²) >= 11 is 8.74. The minimum atomic E-state index is -0.410. The molecule has 0 aromatic carbocycles. The van der Waals surface area contributed by atoms with Gasteiger partial charge in [0.1, 0.15) is 5.01 Å². The summed E-state index contributed by atoms with van der Waals surface area (Å²) in [4.78, 5) is 20.4. The van der Waals surface area contributed by atoms with Crippen molar-refractivity contribution in [1.82, 2.24) is 20.2 Å². The Morgan fingerprint density at radius 1 is 1.50 bits per heavy atom. The highest BCUT2D eigenvalue weighted by atomic mass is 35.5. The monoisotopic (exact) mass is 329 g/mol. The van der Waals surface area contributed by atoms with Crippen molar-refractivity contribution in [2.75, 3.05) is 11.1 Å². The first-order valence-corrected chi connectivity index (χ1v) is 8.05. The van der Waals surface area contributed by atoms with E-state index in [9.17, 15) is 4.79 Å². The Morgan fingerprint density at radius 3 is 2.95 bits per heavy atom. The van der Waals surface area contributed by atoms with E-state index < -0.39 is 5.91 Å². The maximum atomic E-state index is 12.1. The second-order valence-electron chi connectivity index (χ2n) is 3.78. The van der Waals surface area contributed by atoms with Gasteiger partial charge in [0, 0.05) is 5.75 Å². The summed E-state index contributed by atoms with van der Waals surface area (Å²) < 4.78 is 0. The first kappa shape index (κ1) is 15.1. The van der Waals surface area contributed by atoms with Crippen LogP contribution in [0.25, 0.3) is 0 Å². The number of hydrogen-bond donors (Lipinski definition) is 1. The summed E-state index contributed by atoms with van der Waals surface area (Å²) in [5.41, 5.74) is 0.146. The minimum Gasteiger partial charge on any atom is -0.295 e. The van der Waals surface area contributed by atoms with Gasteiger partial charge in [-0.1, -0.05) is 41.6 Å². The molecule has 6 nitrogen and oxygen atoms in total. The molecule has 0 unspecified atom stereocenters. The lowest BCUT2D eigenvalue weighted by molar-refractivity contribution is 0.102. The Hall–Kier alpha value is -1.25. The maximum absolute atomic E-state index is 12.1. The Bertz CT molecular complexity index is 619. The van der Waals surface area contributed by atoms with Crippen LogP contribution in [0.4, 0.5) is 5.13 Å². The summed E-state index contributed by atoms with van der Waals surface area (Å²) in [6, 6.07) is 0. The third-order valence-electron chi connectivity index (χ3n) is 2.12. The van der Waals surface area contributed by atoms with Gasteiger partial charge in [0.15, 0.2) is 10.9 Å². The van der Waals surface area contributed by atoms with Crippen molar-refractivity contribution in [3.05, 3.63) is 21.9 Å². The molecule has 106 valence electrons. The van der Waals surface area contributed by atoms with Crippen LogP contribution in [0.2, 0.25) is 5.02 Å². The van der Waals surface area contributed by atoms with Crippen LogP contribution in [0.3, 0.4) is 0 Å². The van der Waals surface area contributed by atoms with Crippen molar-refractivity contribution in [1.29, 1.82) is 0 Å². The van der Waals surface area contributed by atoms with E-state index >= 15 is 0 Å². The minimum absolute atomic E-state index is 0.146. The number of amides is 1. The number of nitrogens with one attached hydrogen (secondary N) is 1. The van der Waals surface area contributed by atoms with Crippen LogP contribution in [-0.4, -0.2) is 31.8 Å². The van der Waals surface area contributed by atoms with E-state index in [1.54, 1.807) is 0 Å². The van der Waals surface area contributed by atoms with Gasteiger partial charge in [0.05, 0.1) is 11.2 Å². The van der Waals surface area contributed by atoms with E-state index in [4.69, 9.17) is 11.6 Å². The van der Waals surface area contributed by atoms with Crippen LogP contribution in [0, 0.1) is 6.92 Å². The molecule has 0 saturated heterocycles. The first-order chi connectivity index (χ1) is 9.60. The number of carbonyl (C=O) groups excluding carboxylic acids is 1. The number of rotatable bonds is 5. The van der Waals surface area contributed by atoms with Gasteiger partial charge in [0.25, 0.3) is 5.91 Å². The fraction of sp³-hybridized carbons (Fsp3) is 0.364. The summed E-state index contributed by atoms with van der Waals surface area (Å²) in [5.74, 6) is 0.477. The number of halogens is 1. The summed E-state index contributed by atoms with van der Waals surface area (Å²) in [6.07, 6.45) is 2.44. The van der Waals surface area contributed by atoms with Crippen molar-refractivity contribution in [2.24, 2.45) is 0 Å². The van der Waals surface area contributed by atoms with E-state index in [-0.39, 0.29) is 10.7 Å². The van der Waals surface area contributed by atoms with Crippen LogP contribution < -0.4 is 5.32 Å². The zero-order chi connectivity index (χ0) is 14.5. The largest absolute Gasteiger partial charge is 0.295 e. The lowest BCUT2D eigenvalue weighted by Gasteiger charge is -2.04. The van der Waals surface area contributed by atoms with Crippen molar-refractivity contribution >= 4 is 45.7 Å². The normalized spacial score (nSPS) is 10.6. The Kier molecular flexibility index (Phi) is 5.27. The molecule has 0 saturated carbocycles. The Balaban J connectivity index is 2.15. The highest BCUT2D eigenvalue weighted by Gasteiger charge is 2.16.